The van der Waals surface area contributed by atoms with Crippen LogP contribution >= 0.6 is 0 Å². The summed E-state index contributed by atoms with van der Waals surface area (Å²) in [5.74, 6) is 2.38. The van der Waals surface area contributed by atoms with E-state index in [1.54, 1.807) is 7.11 Å². The molecule has 0 unspecified atom stereocenters. The van der Waals surface area contributed by atoms with Gasteiger partial charge in [0.2, 0.25) is 0 Å². The van der Waals surface area contributed by atoms with Gasteiger partial charge in [0.15, 0.2) is 0 Å². The molecule has 1 fully saturated rings. The van der Waals surface area contributed by atoms with Crippen LogP contribution in [0.3, 0.4) is 0 Å². The molecule has 1 aliphatic carbocycles. The van der Waals surface area contributed by atoms with Crippen LogP contribution in [0.1, 0.15) is 39.5 Å². The molecule has 1 saturated carbocycles. The van der Waals surface area contributed by atoms with Gasteiger partial charge in [-0.25, -0.2) is 0 Å². The van der Waals surface area contributed by atoms with Crippen molar-refractivity contribution in [2.45, 2.75) is 45.1 Å². The Hall–Kier alpha value is -1.22. The Labute approximate surface area is 122 Å². The fourth-order valence-corrected chi connectivity index (χ4v) is 3.19. The number of anilines is 1. The first kappa shape index (κ1) is 15.2. The summed E-state index contributed by atoms with van der Waals surface area (Å²) in [7, 11) is 1.68. The molecule has 0 amide bonds. The van der Waals surface area contributed by atoms with Crippen LogP contribution in [0.5, 0.6) is 5.75 Å². The molecular weight excluding hydrogens is 250 g/mol. The van der Waals surface area contributed by atoms with Crippen molar-refractivity contribution in [3.05, 3.63) is 24.3 Å². The first-order chi connectivity index (χ1) is 9.58. The van der Waals surface area contributed by atoms with Crippen molar-refractivity contribution in [2.24, 2.45) is 11.8 Å². The Morgan fingerprint density at radius 2 is 2.05 bits per heavy atom. The van der Waals surface area contributed by atoms with E-state index in [1.165, 1.54) is 12.8 Å². The number of rotatable bonds is 5. The second kappa shape index (κ2) is 6.49. The number of nitrogens with one attached hydrogen (secondary N) is 1. The Kier molecular flexibility index (Phi) is 4.92. The van der Waals surface area contributed by atoms with Crippen molar-refractivity contribution in [3.8, 4) is 5.75 Å². The van der Waals surface area contributed by atoms with E-state index < -0.39 is 0 Å². The summed E-state index contributed by atoms with van der Waals surface area (Å²) in [4.78, 5) is 0. The van der Waals surface area contributed by atoms with Crippen molar-refractivity contribution in [1.82, 2.24) is 0 Å². The Balaban J connectivity index is 2.05. The molecule has 3 nitrogen and oxygen atoms in total. The predicted molar refractivity (Wildman–Crippen MR) is 83.2 cm³/mol. The minimum absolute atomic E-state index is 0.169. The molecule has 1 aliphatic rings. The zero-order valence-corrected chi connectivity index (χ0v) is 12.9. The number of hydrogen-bond donors (Lipinski definition) is 2. The Morgan fingerprint density at radius 1 is 1.35 bits per heavy atom. The molecule has 2 rings (SSSR count). The quantitative estimate of drug-likeness (QED) is 0.862. The lowest BCUT2D eigenvalue weighted by molar-refractivity contribution is 0.136. The summed E-state index contributed by atoms with van der Waals surface area (Å²) in [5.41, 5.74) is 0.860. The van der Waals surface area contributed by atoms with Crippen LogP contribution in [0.4, 0.5) is 5.69 Å². The largest absolute Gasteiger partial charge is 0.497 e. The molecular formula is C17H27NO2. The summed E-state index contributed by atoms with van der Waals surface area (Å²) in [6, 6.07) is 7.94. The SMILES string of the molecule is COc1cccc(NC2(CO)CCC(C(C)C)CC2)c1. The first-order valence-corrected chi connectivity index (χ1v) is 7.62. The van der Waals surface area contributed by atoms with Crippen molar-refractivity contribution in [3.63, 3.8) is 0 Å². The van der Waals surface area contributed by atoms with E-state index in [4.69, 9.17) is 4.74 Å². The Morgan fingerprint density at radius 3 is 2.60 bits per heavy atom. The molecule has 0 atom stereocenters. The number of aliphatic hydroxyl groups excluding tert-OH is 1. The normalized spacial score (nSPS) is 26.6. The van der Waals surface area contributed by atoms with E-state index in [1.807, 2.05) is 24.3 Å². The van der Waals surface area contributed by atoms with Crippen molar-refractivity contribution >= 4 is 5.69 Å². The fraction of sp³-hybridized carbons (Fsp3) is 0.647. The first-order valence-electron chi connectivity index (χ1n) is 7.62. The highest BCUT2D eigenvalue weighted by atomic mass is 16.5. The van der Waals surface area contributed by atoms with Crippen LogP contribution < -0.4 is 10.1 Å². The van der Waals surface area contributed by atoms with E-state index in [-0.39, 0.29) is 12.1 Å². The van der Waals surface area contributed by atoms with Crippen LogP contribution in [0, 0.1) is 11.8 Å². The number of aliphatic hydroxyl groups is 1. The molecule has 0 bridgehead atoms. The molecule has 0 aromatic heterocycles. The molecule has 20 heavy (non-hydrogen) atoms. The molecule has 1 aromatic carbocycles. The van der Waals surface area contributed by atoms with E-state index in [0.29, 0.717) is 0 Å². The molecule has 1 aromatic rings. The van der Waals surface area contributed by atoms with Gasteiger partial charge in [-0.15, -0.1) is 0 Å². The van der Waals surface area contributed by atoms with Gasteiger partial charge >= 0.3 is 0 Å². The molecule has 2 N–H and O–H groups in total. The molecule has 0 heterocycles. The highest BCUT2D eigenvalue weighted by Gasteiger charge is 2.35. The third kappa shape index (κ3) is 3.45. The number of hydrogen-bond acceptors (Lipinski definition) is 3. The molecule has 0 spiro atoms. The molecule has 3 heteroatoms. The second-order valence-corrected chi connectivity index (χ2v) is 6.38. The molecule has 112 valence electrons. The topological polar surface area (TPSA) is 41.5 Å². The van der Waals surface area contributed by atoms with Gasteiger partial charge in [0.05, 0.1) is 19.3 Å². The summed E-state index contributed by atoms with van der Waals surface area (Å²) in [6.07, 6.45) is 4.44. The third-order valence-electron chi connectivity index (χ3n) is 4.71. The van der Waals surface area contributed by atoms with Crippen LogP contribution in [0.2, 0.25) is 0 Å². The van der Waals surface area contributed by atoms with Gasteiger partial charge in [-0.3, -0.25) is 0 Å². The van der Waals surface area contributed by atoms with Gasteiger partial charge in [-0.05, 0) is 49.7 Å². The highest BCUT2D eigenvalue weighted by molar-refractivity contribution is 5.50. The van der Waals surface area contributed by atoms with Gasteiger partial charge in [-0.2, -0.15) is 0 Å². The lowest BCUT2D eigenvalue weighted by atomic mass is 9.73. The fourth-order valence-electron chi connectivity index (χ4n) is 3.19. The summed E-state index contributed by atoms with van der Waals surface area (Å²) < 4.78 is 5.26. The van der Waals surface area contributed by atoms with Crippen molar-refractivity contribution in [1.29, 1.82) is 0 Å². The van der Waals surface area contributed by atoms with Gasteiger partial charge in [-0.1, -0.05) is 19.9 Å². The third-order valence-corrected chi connectivity index (χ3v) is 4.71. The number of ether oxygens (including phenoxy) is 1. The smallest absolute Gasteiger partial charge is 0.120 e. The van der Waals surface area contributed by atoms with Crippen molar-refractivity contribution < 1.29 is 9.84 Å². The predicted octanol–water partition coefficient (Wildman–Crippen LogP) is 3.68. The monoisotopic (exact) mass is 277 g/mol. The summed E-state index contributed by atoms with van der Waals surface area (Å²) >= 11 is 0. The standard InChI is InChI=1S/C17H27NO2/c1-13(2)14-7-9-17(12-19,10-8-14)18-15-5-4-6-16(11-15)20-3/h4-6,11,13-14,18-19H,7-10,12H2,1-3H3. The van der Waals surface area contributed by atoms with Crippen LogP contribution in [0.25, 0.3) is 0 Å². The Bertz CT molecular complexity index is 423. The van der Waals surface area contributed by atoms with Gasteiger partial charge in [0.25, 0.3) is 0 Å². The molecule has 0 saturated heterocycles. The zero-order chi connectivity index (χ0) is 14.6. The number of benzene rings is 1. The van der Waals surface area contributed by atoms with Gasteiger partial charge in [0, 0.05) is 11.8 Å². The van der Waals surface area contributed by atoms with E-state index in [9.17, 15) is 5.11 Å². The van der Waals surface area contributed by atoms with E-state index >= 15 is 0 Å². The number of methoxy groups -OCH3 is 1. The average molecular weight is 277 g/mol. The maximum absolute atomic E-state index is 9.86. The zero-order valence-electron chi connectivity index (χ0n) is 12.9. The van der Waals surface area contributed by atoms with E-state index in [0.717, 1.165) is 36.1 Å². The minimum Gasteiger partial charge on any atom is -0.497 e. The lowest BCUT2D eigenvalue weighted by Crippen LogP contribution is -2.45. The summed E-state index contributed by atoms with van der Waals surface area (Å²) in [6.45, 7) is 4.78. The van der Waals surface area contributed by atoms with Gasteiger partial charge in [0.1, 0.15) is 5.75 Å². The lowest BCUT2D eigenvalue weighted by Gasteiger charge is -2.41. The van der Waals surface area contributed by atoms with Crippen LogP contribution in [0.15, 0.2) is 24.3 Å². The minimum atomic E-state index is -0.169. The second-order valence-electron chi connectivity index (χ2n) is 6.38. The summed E-state index contributed by atoms with van der Waals surface area (Å²) in [5, 5.41) is 13.4. The molecule has 0 radical (unpaired) electrons. The maximum Gasteiger partial charge on any atom is 0.120 e. The van der Waals surface area contributed by atoms with Crippen LogP contribution in [-0.2, 0) is 0 Å². The maximum atomic E-state index is 9.86. The van der Waals surface area contributed by atoms with Gasteiger partial charge < -0.3 is 15.2 Å². The average Bonchev–Trinajstić information content (AvgIpc) is 2.48. The highest BCUT2D eigenvalue weighted by Crippen LogP contribution is 2.38. The van der Waals surface area contributed by atoms with E-state index in [2.05, 4.69) is 19.2 Å². The van der Waals surface area contributed by atoms with Crippen molar-refractivity contribution in [2.75, 3.05) is 19.0 Å². The van der Waals surface area contributed by atoms with Crippen LogP contribution in [-0.4, -0.2) is 24.4 Å². The molecule has 0 aliphatic heterocycles.